The van der Waals surface area contributed by atoms with Crippen LogP contribution in [0, 0.1) is 5.41 Å². The number of nitrogens with one attached hydrogen (secondary N) is 1. The highest BCUT2D eigenvalue weighted by Crippen LogP contribution is 2.38. The van der Waals surface area contributed by atoms with E-state index in [2.05, 4.69) is 5.32 Å². The molecule has 1 spiro atoms. The van der Waals surface area contributed by atoms with Crippen LogP contribution in [-0.2, 0) is 11.2 Å². The molecule has 2 amide bonds. The van der Waals surface area contributed by atoms with E-state index in [-0.39, 0.29) is 11.8 Å². The smallest absolute Gasteiger partial charge is 0.253 e. The molecule has 4 rings (SSSR count). The molecule has 3 heterocycles. The van der Waals surface area contributed by atoms with Crippen molar-refractivity contribution in [2.24, 2.45) is 5.41 Å². The number of ether oxygens (including phenoxy) is 1. The number of aliphatic hydroxyl groups is 1. The van der Waals surface area contributed by atoms with Crippen molar-refractivity contribution in [3.63, 3.8) is 0 Å². The average Bonchev–Trinajstić information content (AvgIpc) is 3.06. The zero-order valence-electron chi connectivity index (χ0n) is 13.6. The number of likely N-dealkylation sites (tertiary alicyclic amines) is 1. The number of benzene rings is 1. The number of hydrogen-bond acceptors (Lipinski definition) is 4. The van der Waals surface area contributed by atoms with E-state index >= 15 is 0 Å². The fourth-order valence-electron chi connectivity index (χ4n) is 4.09. The van der Waals surface area contributed by atoms with Crippen LogP contribution in [0.25, 0.3) is 0 Å². The SMILES string of the molecule is O=C(c1ccc2c(c1)CCO2)N1CCC2(CC1)CC(O)CNC2=O. The molecule has 6 heteroatoms. The quantitative estimate of drug-likeness (QED) is 0.795. The van der Waals surface area contributed by atoms with E-state index in [0.29, 0.717) is 51.1 Å². The van der Waals surface area contributed by atoms with Crippen molar-refractivity contribution >= 4 is 11.8 Å². The molecule has 1 unspecified atom stereocenters. The summed E-state index contributed by atoms with van der Waals surface area (Å²) in [5.74, 6) is 0.905. The van der Waals surface area contributed by atoms with Gasteiger partial charge in [-0.05, 0) is 43.0 Å². The molecule has 0 saturated carbocycles. The Hall–Kier alpha value is -2.08. The van der Waals surface area contributed by atoms with E-state index in [1.165, 1.54) is 0 Å². The van der Waals surface area contributed by atoms with Gasteiger partial charge >= 0.3 is 0 Å². The Balaban J connectivity index is 1.45. The van der Waals surface area contributed by atoms with Crippen LogP contribution in [0.5, 0.6) is 5.75 Å². The van der Waals surface area contributed by atoms with Crippen LogP contribution in [0.3, 0.4) is 0 Å². The number of amides is 2. The first-order valence-electron chi connectivity index (χ1n) is 8.59. The van der Waals surface area contributed by atoms with Crippen LogP contribution in [0.4, 0.5) is 0 Å². The molecule has 3 aliphatic heterocycles. The van der Waals surface area contributed by atoms with Gasteiger partial charge in [-0.15, -0.1) is 0 Å². The van der Waals surface area contributed by atoms with E-state index in [0.717, 1.165) is 17.7 Å². The van der Waals surface area contributed by atoms with Gasteiger partial charge in [0.2, 0.25) is 5.91 Å². The summed E-state index contributed by atoms with van der Waals surface area (Å²) in [7, 11) is 0. The maximum atomic E-state index is 12.8. The Morgan fingerprint density at radius 1 is 1.33 bits per heavy atom. The Bertz CT molecular complexity index is 680. The van der Waals surface area contributed by atoms with Crippen LogP contribution in [-0.4, -0.2) is 54.2 Å². The number of piperidine rings is 2. The molecule has 128 valence electrons. The van der Waals surface area contributed by atoms with Gasteiger partial charge in [-0.3, -0.25) is 9.59 Å². The molecule has 2 fully saturated rings. The molecule has 0 aliphatic carbocycles. The van der Waals surface area contributed by atoms with Crippen molar-refractivity contribution < 1.29 is 19.4 Å². The predicted octanol–water partition coefficient (Wildman–Crippen LogP) is 0.725. The van der Waals surface area contributed by atoms with Crippen molar-refractivity contribution in [2.75, 3.05) is 26.2 Å². The first-order valence-corrected chi connectivity index (χ1v) is 8.59. The molecular formula is C18H22N2O4. The largest absolute Gasteiger partial charge is 0.493 e. The fraction of sp³-hybridized carbons (Fsp3) is 0.556. The van der Waals surface area contributed by atoms with Crippen molar-refractivity contribution in [3.8, 4) is 5.75 Å². The second-order valence-electron chi connectivity index (χ2n) is 7.06. The molecule has 0 aromatic heterocycles. The summed E-state index contributed by atoms with van der Waals surface area (Å²) >= 11 is 0. The molecular weight excluding hydrogens is 308 g/mol. The summed E-state index contributed by atoms with van der Waals surface area (Å²) in [5, 5.41) is 12.7. The number of fused-ring (bicyclic) bond motifs is 1. The maximum Gasteiger partial charge on any atom is 0.253 e. The molecule has 1 aromatic carbocycles. The van der Waals surface area contributed by atoms with Gasteiger partial charge in [-0.2, -0.15) is 0 Å². The van der Waals surface area contributed by atoms with Gasteiger partial charge < -0.3 is 20.1 Å². The normalized spacial score (nSPS) is 25.1. The van der Waals surface area contributed by atoms with Crippen LogP contribution in [0.2, 0.25) is 0 Å². The Morgan fingerprint density at radius 3 is 2.92 bits per heavy atom. The molecule has 0 bridgehead atoms. The van der Waals surface area contributed by atoms with E-state index in [1.54, 1.807) is 0 Å². The lowest BCUT2D eigenvalue weighted by Gasteiger charge is -2.44. The first-order chi connectivity index (χ1) is 11.6. The summed E-state index contributed by atoms with van der Waals surface area (Å²) in [6.07, 6.45) is 2.07. The molecule has 2 saturated heterocycles. The zero-order valence-corrected chi connectivity index (χ0v) is 13.6. The number of nitrogens with zero attached hydrogens (tertiary/aromatic N) is 1. The van der Waals surface area contributed by atoms with Crippen molar-refractivity contribution in [1.82, 2.24) is 10.2 Å². The Kier molecular flexibility index (Phi) is 3.72. The molecule has 1 atom stereocenters. The summed E-state index contributed by atoms with van der Waals surface area (Å²) < 4.78 is 5.48. The molecule has 24 heavy (non-hydrogen) atoms. The predicted molar refractivity (Wildman–Crippen MR) is 86.8 cm³/mol. The minimum atomic E-state index is -0.514. The van der Waals surface area contributed by atoms with Gasteiger partial charge in [0.25, 0.3) is 5.91 Å². The lowest BCUT2D eigenvalue weighted by atomic mass is 9.71. The molecule has 0 radical (unpaired) electrons. The number of hydrogen-bond donors (Lipinski definition) is 2. The van der Waals surface area contributed by atoms with E-state index in [4.69, 9.17) is 4.74 Å². The zero-order chi connectivity index (χ0) is 16.7. The van der Waals surface area contributed by atoms with Gasteiger partial charge in [0, 0.05) is 31.6 Å². The van der Waals surface area contributed by atoms with Crippen LogP contribution < -0.4 is 10.1 Å². The van der Waals surface area contributed by atoms with Crippen molar-refractivity contribution in [3.05, 3.63) is 29.3 Å². The number of β-amino-alcohol motifs (C(OH)–C–C–N with tert-alkyl or cyclic N) is 1. The van der Waals surface area contributed by atoms with Gasteiger partial charge in [0.05, 0.1) is 18.1 Å². The van der Waals surface area contributed by atoms with Gasteiger partial charge in [0.1, 0.15) is 5.75 Å². The minimum absolute atomic E-state index is 0.0105. The topological polar surface area (TPSA) is 78.9 Å². The third-order valence-electron chi connectivity index (χ3n) is 5.55. The standard InChI is InChI=1S/C18H22N2O4/c21-14-10-18(17(23)19-11-14)4-6-20(7-5-18)16(22)13-1-2-15-12(9-13)3-8-24-15/h1-2,9,14,21H,3-8,10-11H2,(H,19,23). The second kappa shape index (κ2) is 5.77. The van der Waals surface area contributed by atoms with Crippen LogP contribution >= 0.6 is 0 Å². The first kappa shape index (κ1) is 15.4. The van der Waals surface area contributed by atoms with Crippen LogP contribution in [0.1, 0.15) is 35.2 Å². The monoisotopic (exact) mass is 330 g/mol. The van der Waals surface area contributed by atoms with E-state index in [9.17, 15) is 14.7 Å². The highest BCUT2D eigenvalue weighted by Gasteiger charge is 2.45. The Morgan fingerprint density at radius 2 is 2.12 bits per heavy atom. The number of aliphatic hydroxyl groups excluding tert-OH is 1. The molecule has 3 aliphatic rings. The van der Waals surface area contributed by atoms with Gasteiger partial charge in [-0.25, -0.2) is 0 Å². The van der Waals surface area contributed by atoms with Gasteiger partial charge in [-0.1, -0.05) is 0 Å². The minimum Gasteiger partial charge on any atom is -0.493 e. The Labute approximate surface area is 140 Å². The molecule has 6 nitrogen and oxygen atoms in total. The highest BCUT2D eigenvalue weighted by molar-refractivity contribution is 5.95. The second-order valence-corrected chi connectivity index (χ2v) is 7.06. The molecule has 1 aromatic rings. The maximum absolute atomic E-state index is 12.8. The fourth-order valence-corrected chi connectivity index (χ4v) is 4.09. The third-order valence-corrected chi connectivity index (χ3v) is 5.55. The van der Waals surface area contributed by atoms with E-state index in [1.807, 2.05) is 23.1 Å². The average molecular weight is 330 g/mol. The number of rotatable bonds is 1. The van der Waals surface area contributed by atoms with Gasteiger partial charge in [0.15, 0.2) is 0 Å². The summed E-state index contributed by atoms with van der Waals surface area (Å²) in [6.45, 7) is 2.11. The number of carbonyl (C=O) groups is 2. The lowest BCUT2D eigenvalue weighted by molar-refractivity contribution is -0.140. The summed E-state index contributed by atoms with van der Waals surface area (Å²) in [6, 6.07) is 5.60. The lowest BCUT2D eigenvalue weighted by Crippen LogP contribution is -2.56. The van der Waals surface area contributed by atoms with Crippen LogP contribution in [0.15, 0.2) is 18.2 Å². The van der Waals surface area contributed by atoms with E-state index < -0.39 is 11.5 Å². The summed E-state index contributed by atoms with van der Waals surface area (Å²) in [4.78, 5) is 26.8. The summed E-state index contributed by atoms with van der Waals surface area (Å²) in [5.41, 5.74) is 1.26. The van der Waals surface area contributed by atoms with Crippen molar-refractivity contribution in [2.45, 2.75) is 31.8 Å². The highest BCUT2D eigenvalue weighted by atomic mass is 16.5. The van der Waals surface area contributed by atoms with Crippen molar-refractivity contribution in [1.29, 1.82) is 0 Å². The third kappa shape index (κ3) is 2.55. The number of carbonyl (C=O) groups excluding carboxylic acids is 2. The molecule has 2 N–H and O–H groups in total.